The number of aromatic amines is 1. The summed E-state index contributed by atoms with van der Waals surface area (Å²) in [5, 5.41) is 10.4. The first kappa shape index (κ1) is 25.2. The molecule has 4 nitrogen and oxygen atoms in total. The molecule has 0 unspecified atom stereocenters. The molecule has 0 spiro atoms. The molecule has 3 aromatic rings. The Morgan fingerprint density at radius 1 is 1.14 bits per heavy atom. The number of rotatable bonds is 9. The van der Waals surface area contributed by atoms with Crippen LogP contribution in [-0.2, 0) is 12.8 Å². The van der Waals surface area contributed by atoms with Crippen LogP contribution in [0, 0.1) is 17.6 Å². The highest BCUT2D eigenvalue weighted by atomic mass is 19.1. The van der Waals surface area contributed by atoms with Gasteiger partial charge in [0.1, 0.15) is 17.8 Å². The van der Waals surface area contributed by atoms with E-state index in [1.165, 1.54) is 12.1 Å². The third-order valence-corrected chi connectivity index (χ3v) is 7.70. The molecular formula is C28H33F4N3O. The number of nitrogens with zero attached hydrogens (tertiary/aromatic N) is 2. The molecule has 36 heavy (non-hydrogen) atoms. The first-order valence-electron chi connectivity index (χ1n) is 12.8. The van der Waals surface area contributed by atoms with Gasteiger partial charge in [-0.3, -0.25) is 9.29 Å². The predicted molar refractivity (Wildman–Crippen MR) is 133 cm³/mol. The zero-order chi connectivity index (χ0) is 25.4. The van der Waals surface area contributed by atoms with Gasteiger partial charge in [0, 0.05) is 54.4 Å². The molecule has 2 aliphatic rings. The molecule has 2 aromatic carbocycles. The smallest absolute Gasteiger partial charge is 0.136 e. The number of halogens is 4. The van der Waals surface area contributed by atoms with Crippen molar-refractivity contribution in [1.82, 2.24) is 14.8 Å². The number of aromatic nitrogens is 1. The van der Waals surface area contributed by atoms with Crippen LogP contribution in [0.4, 0.5) is 17.6 Å². The Kier molecular flexibility index (Phi) is 7.37. The Morgan fingerprint density at radius 2 is 1.86 bits per heavy atom. The lowest BCUT2D eigenvalue weighted by Crippen LogP contribution is -2.48. The van der Waals surface area contributed by atoms with Gasteiger partial charge < -0.3 is 15.0 Å². The molecule has 2 N–H and O–H groups in total. The second-order valence-corrected chi connectivity index (χ2v) is 10.3. The highest BCUT2D eigenvalue weighted by Gasteiger charge is 2.39. The van der Waals surface area contributed by atoms with E-state index in [9.17, 15) is 13.9 Å². The van der Waals surface area contributed by atoms with Gasteiger partial charge in [-0.1, -0.05) is 18.2 Å². The van der Waals surface area contributed by atoms with Crippen LogP contribution in [0.5, 0.6) is 0 Å². The third kappa shape index (κ3) is 4.78. The van der Waals surface area contributed by atoms with E-state index in [-0.39, 0.29) is 30.7 Å². The van der Waals surface area contributed by atoms with Gasteiger partial charge >= 0.3 is 0 Å². The number of H-pyrrole nitrogens is 1. The van der Waals surface area contributed by atoms with Crippen molar-refractivity contribution in [3.63, 3.8) is 0 Å². The van der Waals surface area contributed by atoms with Crippen LogP contribution in [0.15, 0.2) is 36.4 Å². The lowest BCUT2D eigenvalue weighted by Gasteiger charge is -2.41. The largest absolute Gasteiger partial charge is 0.393 e. The topological polar surface area (TPSA) is 42.5 Å². The van der Waals surface area contributed by atoms with Crippen molar-refractivity contribution in [1.29, 1.82) is 0 Å². The number of likely N-dealkylation sites (tertiary alicyclic amines) is 1. The van der Waals surface area contributed by atoms with E-state index in [0.29, 0.717) is 37.1 Å². The van der Waals surface area contributed by atoms with Crippen molar-refractivity contribution >= 4 is 10.9 Å². The van der Waals surface area contributed by atoms with E-state index in [2.05, 4.69) is 9.88 Å². The van der Waals surface area contributed by atoms with Gasteiger partial charge in [0.2, 0.25) is 0 Å². The highest BCUT2D eigenvalue weighted by molar-refractivity contribution is 5.85. The zero-order valence-electron chi connectivity index (χ0n) is 20.5. The SMILES string of the molecule is C[C@@H]1Cc2c([nH]c3ccccc23)[C@@H](c2c(F)cc(CC3CN(CCCF)C3)cc2F)N1C[C@H](F)CO. The average molecular weight is 504 g/mol. The number of fused-ring (bicyclic) bond motifs is 3. The molecule has 0 bridgehead atoms. The summed E-state index contributed by atoms with van der Waals surface area (Å²) in [4.78, 5) is 7.27. The van der Waals surface area contributed by atoms with Gasteiger partial charge in [-0.2, -0.15) is 0 Å². The van der Waals surface area contributed by atoms with Crippen LogP contribution in [0.2, 0.25) is 0 Å². The average Bonchev–Trinajstić information content (AvgIpc) is 3.19. The standard InChI is InChI=1S/C28H33F4N3O/c1-17-9-22-21-5-2-3-6-25(21)33-27(22)28(35(17)15-20(30)16-36)26-23(31)11-18(12-24(26)32)10-19-13-34(14-19)8-4-7-29/h2-3,5-6,11-12,17,19-20,28,33,36H,4,7-10,13-16H2,1H3/t17-,20+,28-/m1/s1. The second kappa shape index (κ2) is 10.5. The van der Waals surface area contributed by atoms with Crippen molar-refractivity contribution < 1.29 is 22.7 Å². The number of benzene rings is 2. The first-order valence-corrected chi connectivity index (χ1v) is 12.8. The zero-order valence-corrected chi connectivity index (χ0v) is 20.5. The maximum absolute atomic E-state index is 15.7. The number of alkyl halides is 2. The second-order valence-electron chi connectivity index (χ2n) is 10.3. The molecule has 194 valence electrons. The van der Waals surface area contributed by atoms with E-state index in [1.807, 2.05) is 31.2 Å². The fourth-order valence-electron chi connectivity index (χ4n) is 6.01. The van der Waals surface area contributed by atoms with Gasteiger partial charge in [-0.25, -0.2) is 13.2 Å². The summed E-state index contributed by atoms with van der Waals surface area (Å²) in [6.45, 7) is 3.12. The lowest BCUT2D eigenvalue weighted by molar-refractivity contribution is 0.0750. The normalized spacial score (nSPS) is 22.1. The van der Waals surface area contributed by atoms with E-state index >= 15 is 8.78 Å². The monoisotopic (exact) mass is 503 g/mol. The summed E-state index contributed by atoms with van der Waals surface area (Å²) in [6.07, 6.45) is 0.146. The lowest BCUT2D eigenvalue weighted by atomic mass is 9.86. The molecule has 1 aromatic heterocycles. The summed E-state index contributed by atoms with van der Waals surface area (Å²) in [6, 6.07) is 9.53. The summed E-state index contributed by atoms with van der Waals surface area (Å²) in [5.74, 6) is -1.00. The van der Waals surface area contributed by atoms with Crippen LogP contribution >= 0.6 is 0 Å². The maximum atomic E-state index is 15.7. The third-order valence-electron chi connectivity index (χ3n) is 7.70. The van der Waals surface area contributed by atoms with Gasteiger partial charge in [0.05, 0.1) is 19.3 Å². The Hall–Kier alpha value is -2.42. The highest BCUT2D eigenvalue weighted by Crippen LogP contribution is 2.42. The molecule has 2 aliphatic heterocycles. The fourth-order valence-corrected chi connectivity index (χ4v) is 6.01. The van der Waals surface area contributed by atoms with Gasteiger partial charge in [-0.15, -0.1) is 0 Å². The van der Waals surface area contributed by atoms with Crippen LogP contribution in [-0.4, -0.2) is 71.6 Å². The van der Waals surface area contributed by atoms with Crippen molar-refractivity contribution in [3.8, 4) is 0 Å². The molecule has 0 aliphatic carbocycles. The van der Waals surface area contributed by atoms with Gasteiger partial charge in [0.25, 0.3) is 0 Å². The van der Waals surface area contributed by atoms with Crippen LogP contribution in [0.1, 0.15) is 41.8 Å². The number of hydrogen-bond acceptors (Lipinski definition) is 3. The van der Waals surface area contributed by atoms with Crippen molar-refractivity contribution in [2.45, 2.75) is 44.4 Å². The van der Waals surface area contributed by atoms with Crippen molar-refractivity contribution in [3.05, 3.63) is 70.4 Å². The van der Waals surface area contributed by atoms with Crippen LogP contribution < -0.4 is 0 Å². The number of aliphatic hydroxyl groups is 1. The molecular weight excluding hydrogens is 470 g/mol. The van der Waals surface area contributed by atoms with E-state index in [0.717, 1.165) is 29.6 Å². The number of nitrogens with one attached hydrogen (secondary N) is 1. The Bertz CT molecular complexity index is 1190. The predicted octanol–water partition coefficient (Wildman–Crippen LogP) is 4.95. The van der Waals surface area contributed by atoms with Crippen molar-refractivity contribution in [2.75, 3.05) is 39.5 Å². The Morgan fingerprint density at radius 3 is 2.56 bits per heavy atom. The summed E-state index contributed by atoms with van der Waals surface area (Å²) in [7, 11) is 0. The molecule has 1 saturated heterocycles. The van der Waals surface area contributed by atoms with E-state index in [1.54, 1.807) is 4.90 Å². The summed E-state index contributed by atoms with van der Waals surface area (Å²) < 4.78 is 58.2. The number of hydrogen-bond donors (Lipinski definition) is 2. The van der Waals surface area contributed by atoms with E-state index in [4.69, 9.17) is 0 Å². The fraction of sp³-hybridized carbons (Fsp3) is 0.500. The molecule has 3 atom stereocenters. The quantitative estimate of drug-likeness (QED) is 0.407. The molecule has 1 fully saturated rings. The van der Waals surface area contributed by atoms with Crippen LogP contribution in [0.3, 0.4) is 0 Å². The van der Waals surface area contributed by atoms with Gasteiger partial charge in [-0.05, 0) is 61.4 Å². The first-order chi connectivity index (χ1) is 17.4. The van der Waals surface area contributed by atoms with Crippen molar-refractivity contribution in [2.24, 2.45) is 5.92 Å². The Balaban J connectivity index is 1.48. The minimum absolute atomic E-state index is 0.0959. The minimum Gasteiger partial charge on any atom is -0.393 e. The van der Waals surface area contributed by atoms with Gasteiger partial charge in [0.15, 0.2) is 0 Å². The number of aliphatic hydroxyl groups excluding tert-OH is 1. The molecule has 0 radical (unpaired) electrons. The molecule has 3 heterocycles. The summed E-state index contributed by atoms with van der Waals surface area (Å²) in [5.41, 5.74) is 3.04. The molecule has 0 amide bonds. The minimum atomic E-state index is -1.52. The molecule has 8 heteroatoms. The molecule has 5 rings (SSSR count). The van der Waals surface area contributed by atoms with Crippen LogP contribution in [0.25, 0.3) is 10.9 Å². The van der Waals surface area contributed by atoms with E-state index < -0.39 is 30.5 Å². The maximum Gasteiger partial charge on any atom is 0.136 e. The summed E-state index contributed by atoms with van der Waals surface area (Å²) >= 11 is 0. The Labute approximate surface area is 208 Å². The number of para-hydroxylation sites is 1. The molecule has 0 saturated carbocycles.